The van der Waals surface area contributed by atoms with Crippen molar-refractivity contribution < 1.29 is 9.59 Å². The molecule has 2 unspecified atom stereocenters. The summed E-state index contributed by atoms with van der Waals surface area (Å²) in [6.07, 6.45) is 22.5. The van der Waals surface area contributed by atoms with E-state index in [1.165, 1.54) is 0 Å². The lowest BCUT2D eigenvalue weighted by molar-refractivity contribution is 0.0657. The molecule has 8 aromatic heterocycles. The molecule has 10 aromatic rings. The number of carbonyl (C=O) groups excluding carboxylic acids is 2. The van der Waals surface area contributed by atoms with E-state index in [9.17, 15) is 9.59 Å². The Bertz CT molecular complexity index is 3710. The standard InChI is InChI=1S/2C30H34N12O.ClH/c2*1-38-10-12-40(13-11-38)29(43)23-7-5-22(6-8-23)24-14-32-30(33-15-24)41-9-3-4-21(18-41)19-42-28-27(36-37-42)31-17-26(35-28)25-16-34-39(2)20-25;/h2*5-8,14-17,20-21H,3-4,9-13,18-19H2,1-2H3;1H. The van der Waals surface area contributed by atoms with Gasteiger partial charge in [-0.25, -0.2) is 49.2 Å². The molecule has 2 aromatic carbocycles. The van der Waals surface area contributed by atoms with E-state index in [1.807, 2.05) is 119 Å². The fraction of sp³-hybridized carbons (Fsp3) is 0.400. The number of hydrogen-bond acceptors (Lipinski definition) is 20. The topological polar surface area (TPSA) is 254 Å². The largest absolute Gasteiger partial charge is 0.340 e. The summed E-state index contributed by atoms with van der Waals surface area (Å²) in [5, 5.41) is 25.7. The summed E-state index contributed by atoms with van der Waals surface area (Å²) < 4.78 is 7.21. The van der Waals surface area contributed by atoms with Crippen LogP contribution < -0.4 is 9.80 Å². The van der Waals surface area contributed by atoms with Gasteiger partial charge in [0.05, 0.1) is 36.2 Å². The highest BCUT2D eigenvalue weighted by molar-refractivity contribution is 5.95. The maximum Gasteiger partial charge on any atom is 0.253 e. The van der Waals surface area contributed by atoms with E-state index in [0.717, 1.165) is 161 Å². The molecule has 27 heteroatoms. The van der Waals surface area contributed by atoms with Crippen molar-refractivity contribution in [3.05, 3.63) is 122 Å². The highest BCUT2D eigenvalue weighted by Crippen LogP contribution is 2.29. The number of halogens is 1. The van der Waals surface area contributed by atoms with Gasteiger partial charge in [-0.1, -0.05) is 34.7 Å². The molecule has 0 N–H and O–H groups in total. The second kappa shape index (κ2) is 25.7. The van der Waals surface area contributed by atoms with Crippen LogP contribution in [0.4, 0.5) is 11.9 Å². The van der Waals surface area contributed by atoms with Crippen molar-refractivity contribution in [2.45, 2.75) is 38.8 Å². The van der Waals surface area contributed by atoms with Crippen LogP contribution in [-0.4, -0.2) is 213 Å². The molecule has 4 fully saturated rings. The van der Waals surface area contributed by atoms with Gasteiger partial charge in [-0.3, -0.25) is 19.0 Å². The third-order valence-electron chi connectivity index (χ3n) is 16.7. The number of anilines is 2. The molecule has 2 atom stereocenters. The summed E-state index contributed by atoms with van der Waals surface area (Å²) in [4.78, 5) is 76.0. The zero-order valence-corrected chi connectivity index (χ0v) is 50.0. The minimum atomic E-state index is 0. The molecule has 0 spiro atoms. The molecule has 12 heterocycles. The third kappa shape index (κ3) is 13.1. The second-order valence-electron chi connectivity index (χ2n) is 23.0. The Morgan fingerprint density at radius 1 is 0.448 bits per heavy atom. The van der Waals surface area contributed by atoms with E-state index >= 15 is 0 Å². The fourth-order valence-corrected chi connectivity index (χ4v) is 11.7. The number of likely N-dealkylation sites (N-methyl/N-ethyl adjacent to an activating group) is 2. The molecular formula is C60H69ClN24O2. The highest BCUT2D eigenvalue weighted by atomic mass is 35.5. The van der Waals surface area contributed by atoms with Crippen LogP contribution in [0.2, 0.25) is 0 Å². The van der Waals surface area contributed by atoms with E-state index < -0.39 is 0 Å². The van der Waals surface area contributed by atoms with Crippen LogP contribution in [0.25, 0.3) is 67.4 Å². The number of aryl methyl sites for hydroxylation is 2. The quantitative estimate of drug-likeness (QED) is 0.153. The lowest BCUT2D eigenvalue weighted by Gasteiger charge is -2.32. The Balaban J connectivity index is 0.000000168. The normalized spacial score (nSPS) is 17.7. The summed E-state index contributed by atoms with van der Waals surface area (Å²) >= 11 is 0. The monoisotopic (exact) mass is 1190 g/mol. The van der Waals surface area contributed by atoms with Crippen LogP contribution in [0.15, 0.2) is 110 Å². The van der Waals surface area contributed by atoms with Crippen LogP contribution >= 0.6 is 12.4 Å². The molecule has 2 amide bonds. The molecule has 0 saturated carbocycles. The van der Waals surface area contributed by atoms with Crippen LogP contribution in [0, 0.1) is 11.8 Å². The first kappa shape index (κ1) is 58.1. The zero-order chi connectivity index (χ0) is 58.7. The van der Waals surface area contributed by atoms with Crippen LogP contribution in [-0.2, 0) is 27.2 Å². The van der Waals surface area contributed by atoms with E-state index in [-0.39, 0.29) is 24.2 Å². The predicted molar refractivity (Wildman–Crippen MR) is 329 cm³/mol. The Morgan fingerprint density at radius 2 is 0.839 bits per heavy atom. The van der Waals surface area contributed by atoms with Gasteiger partial charge < -0.3 is 29.4 Å². The SMILES string of the molecule is CN1CCN(C(=O)c2ccc(-c3cnc(N4CCCC(Cn5nnc6ncc(-c7cnn(C)c7)nc65)C4)nc3)cc2)CC1.CN1CCN(C(=O)c2ccc(-c3cnc(N4CCCC(Cn5nnc6ncc(-c7cnn(C)c7)nc65)C4)nc3)cc2)CC1.Cl. The number of hydrogen-bond donors (Lipinski definition) is 0. The second-order valence-corrected chi connectivity index (χ2v) is 23.0. The Kier molecular flexibility index (Phi) is 17.2. The number of nitrogens with zero attached hydrogens (tertiary/aromatic N) is 24. The molecule has 448 valence electrons. The summed E-state index contributed by atoms with van der Waals surface area (Å²) in [7, 11) is 7.93. The maximum absolute atomic E-state index is 12.9. The Hall–Kier alpha value is -9.27. The number of benzene rings is 2. The first-order valence-electron chi connectivity index (χ1n) is 29.4. The number of carbonyl (C=O) groups is 2. The van der Waals surface area contributed by atoms with Crippen molar-refractivity contribution >= 4 is 58.7 Å². The van der Waals surface area contributed by atoms with E-state index in [4.69, 9.17) is 29.9 Å². The van der Waals surface area contributed by atoms with Crippen molar-refractivity contribution in [3.8, 4) is 44.8 Å². The van der Waals surface area contributed by atoms with Gasteiger partial charge in [0.25, 0.3) is 11.8 Å². The highest BCUT2D eigenvalue weighted by Gasteiger charge is 2.27. The van der Waals surface area contributed by atoms with Gasteiger partial charge in [0.1, 0.15) is 0 Å². The lowest BCUT2D eigenvalue weighted by Crippen LogP contribution is -2.47. The minimum absolute atomic E-state index is 0. The van der Waals surface area contributed by atoms with E-state index in [2.05, 4.69) is 74.5 Å². The summed E-state index contributed by atoms with van der Waals surface area (Å²) in [6, 6.07) is 15.5. The van der Waals surface area contributed by atoms with E-state index in [1.54, 1.807) is 34.2 Å². The van der Waals surface area contributed by atoms with Crippen molar-refractivity contribution in [3.63, 3.8) is 0 Å². The average molecular weight is 1190 g/mol. The molecule has 4 aliphatic heterocycles. The van der Waals surface area contributed by atoms with Crippen LogP contribution in [0.1, 0.15) is 46.4 Å². The van der Waals surface area contributed by atoms with Gasteiger partial charge in [0.2, 0.25) is 23.2 Å². The molecule has 4 aliphatic rings. The van der Waals surface area contributed by atoms with Gasteiger partial charge in [0, 0.05) is 176 Å². The molecule has 0 aliphatic carbocycles. The van der Waals surface area contributed by atoms with Crippen molar-refractivity contribution in [2.24, 2.45) is 25.9 Å². The fourth-order valence-electron chi connectivity index (χ4n) is 11.7. The molecule has 14 rings (SSSR count). The minimum Gasteiger partial charge on any atom is -0.340 e. The number of piperidine rings is 2. The van der Waals surface area contributed by atoms with E-state index in [0.29, 0.717) is 58.6 Å². The zero-order valence-electron chi connectivity index (χ0n) is 49.2. The third-order valence-corrected chi connectivity index (χ3v) is 16.7. The number of fused-ring (bicyclic) bond motifs is 2. The number of aromatic nitrogens is 18. The summed E-state index contributed by atoms with van der Waals surface area (Å²) in [5.74, 6) is 2.30. The smallest absolute Gasteiger partial charge is 0.253 e. The van der Waals surface area contributed by atoms with Gasteiger partial charge in [-0.2, -0.15) is 10.2 Å². The maximum atomic E-state index is 12.9. The van der Waals surface area contributed by atoms with Crippen molar-refractivity contribution in [1.82, 2.24) is 109 Å². The van der Waals surface area contributed by atoms with Gasteiger partial charge in [-0.05, 0) is 87.0 Å². The Labute approximate surface area is 508 Å². The van der Waals surface area contributed by atoms with Crippen LogP contribution in [0.3, 0.4) is 0 Å². The average Bonchev–Trinajstić information content (AvgIpc) is 3.59. The molecule has 4 saturated heterocycles. The number of rotatable bonds is 12. The molecule has 87 heavy (non-hydrogen) atoms. The van der Waals surface area contributed by atoms with Crippen molar-refractivity contribution in [2.75, 3.05) is 102 Å². The van der Waals surface area contributed by atoms with Gasteiger partial charge in [-0.15, -0.1) is 22.6 Å². The predicted octanol–water partition coefficient (Wildman–Crippen LogP) is 5.19. The summed E-state index contributed by atoms with van der Waals surface area (Å²) in [6.45, 7) is 11.5. The first-order chi connectivity index (χ1) is 42.0. The first-order valence-corrected chi connectivity index (χ1v) is 29.4. The molecule has 0 bridgehead atoms. The van der Waals surface area contributed by atoms with Crippen molar-refractivity contribution in [1.29, 1.82) is 0 Å². The van der Waals surface area contributed by atoms with Gasteiger partial charge >= 0.3 is 0 Å². The van der Waals surface area contributed by atoms with Gasteiger partial charge in [0.15, 0.2) is 11.3 Å². The lowest BCUT2D eigenvalue weighted by atomic mass is 9.98. The number of piperazine rings is 2. The summed E-state index contributed by atoms with van der Waals surface area (Å²) in [5.41, 5.74) is 11.0. The van der Waals surface area contributed by atoms with Crippen LogP contribution in [0.5, 0.6) is 0 Å². The molecule has 26 nitrogen and oxygen atoms in total. The Morgan fingerprint density at radius 3 is 1.21 bits per heavy atom. The number of amides is 2. The molecule has 0 radical (unpaired) electrons. The molecular weight excluding hydrogens is 1120 g/mol.